The Bertz CT molecular complexity index is 1270. The minimum atomic E-state index is -0.124. The Morgan fingerprint density at radius 2 is 1.71 bits per heavy atom. The maximum absolute atomic E-state index is 13.2. The number of carbonyl (C=O) groups is 1. The average molecular weight is 466 g/mol. The number of benzene rings is 3. The van der Waals surface area contributed by atoms with E-state index in [9.17, 15) is 4.79 Å². The van der Waals surface area contributed by atoms with E-state index in [1.165, 1.54) is 16.7 Å². The number of hydrogen-bond donors (Lipinski definition) is 1. The lowest BCUT2D eigenvalue weighted by atomic mass is 10.0. The second kappa shape index (κ2) is 10.3. The van der Waals surface area contributed by atoms with Gasteiger partial charge >= 0.3 is 0 Å². The SMILES string of the molecule is Cc1cc(C)cc(-c2ccc(-n3cncc3C(=O)N[C@H]3CCC[C@H]3OCc3ccccc3)cc2)c1. The van der Waals surface area contributed by atoms with Crippen LogP contribution in [0.1, 0.15) is 46.4 Å². The van der Waals surface area contributed by atoms with E-state index in [0.717, 1.165) is 36.1 Å². The van der Waals surface area contributed by atoms with E-state index in [1.54, 1.807) is 12.5 Å². The quantitative estimate of drug-likeness (QED) is 0.363. The van der Waals surface area contributed by atoms with Crippen LogP contribution in [0.25, 0.3) is 16.8 Å². The van der Waals surface area contributed by atoms with Crippen LogP contribution in [0, 0.1) is 13.8 Å². The fraction of sp³-hybridized carbons (Fsp3) is 0.267. The lowest BCUT2D eigenvalue weighted by Gasteiger charge is -2.22. The van der Waals surface area contributed by atoms with Gasteiger partial charge in [0, 0.05) is 5.69 Å². The lowest BCUT2D eigenvalue weighted by Crippen LogP contribution is -2.41. The first kappa shape index (κ1) is 23.1. The third-order valence-electron chi connectivity index (χ3n) is 6.65. The van der Waals surface area contributed by atoms with Crippen LogP contribution in [-0.2, 0) is 11.3 Å². The number of ether oxygens (including phenoxy) is 1. The maximum Gasteiger partial charge on any atom is 0.270 e. The van der Waals surface area contributed by atoms with Gasteiger partial charge in [0.2, 0.25) is 0 Å². The minimum Gasteiger partial charge on any atom is -0.371 e. The molecule has 0 radical (unpaired) electrons. The van der Waals surface area contributed by atoms with Gasteiger partial charge in [0.15, 0.2) is 0 Å². The normalized spacial score (nSPS) is 17.4. The first-order valence-corrected chi connectivity index (χ1v) is 12.2. The molecule has 1 aromatic heterocycles. The van der Waals surface area contributed by atoms with Crippen LogP contribution in [0.2, 0.25) is 0 Å². The van der Waals surface area contributed by atoms with Crippen LogP contribution in [0.15, 0.2) is 85.3 Å². The van der Waals surface area contributed by atoms with Crippen molar-refractivity contribution in [3.05, 3.63) is 108 Å². The fourth-order valence-corrected chi connectivity index (χ4v) is 4.94. The van der Waals surface area contributed by atoms with Crippen molar-refractivity contribution in [2.75, 3.05) is 0 Å². The molecule has 4 aromatic rings. The van der Waals surface area contributed by atoms with Crippen molar-refractivity contribution in [3.63, 3.8) is 0 Å². The van der Waals surface area contributed by atoms with E-state index >= 15 is 0 Å². The van der Waals surface area contributed by atoms with Crippen molar-refractivity contribution in [1.29, 1.82) is 0 Å². The summed E-state index contributed by atoms with van der Waals surface area (Å²) in [5.41, 5.74) is 7.41. The van der Waals surface area contributed by atoms with E-state index in [2.05, 4.69) is 66.6 Å². The van der Waals surface area contributed by atoms with Crippen LogP contribution >= 0.6 is 0 Å². The van der Waals surface area contributed by atoms with Crippen LogP contribution in [-0.4, -0.2) is 27.6 Å². The molecule has 3 aromatic carbocycles. The van der Waals surface area contributed by atoms with Gasteiger partial charge in [0.1, 0.15) is 5.69 Å². The molecule has 5 heteroatoms. The summed E-state index contributed by atoms with van der Waals surface area (Å²) in [5, 5.41) is 3.20. The van der Waals surface area contributed by atoms with Gasteiger partial charge in [-0.2, -0.15) is 0 Å². The molecule has 5 nitrogen and oxygen atoms in total. The second-order valence-corrected chi connectivity index (χ2v) is 9.42. The van der Waals surface area contributed by atoms with Gasteiger partial charge in [-0.15, -0.1) is 0 Å². The molecule has 1 aliphatic rings. The Kier molecular flexibility index (Phi) is 6.77. The summed E-state index contributed by atoms with van der Waals surface area (Å²) in [5.74, 6) is -0.124. The first-order chi connectivity index (χ1) is 17.1. The van der Waals surface area contributed by atoms with Gasteiger partial charge in [0.25, 0.3) is 5.91 Å². The van der Waals surface area contributed by atoms with Crippen molar-refractivity contribution < 1.29 is 9.53 Å². The Hall–Kier alpha value is -3.70. The standard InChI is InChI=1S/C30H31N3O2/c1-21-15-22(2)17-25(16-21)24-11-13-26(14-12-24)33-20-31-18-28(33)30(34)32-27-9-6-10-29(27)35-19-23-7-4-3-5-8-23/h3-5,7-8,11-18,20,27,29H,6,9-10,19H2,1-2H3,(H,32,34)/t27-,29+/m0/s1. The van der Waals surface area contributed by atoms with E-state index in [4.69, 9.17) is 4.74 Å². The Balaban J connectivity index is 1.27. The highest BCUT2D eigenvalue weighted by Crippen LogP contribution is 2.26. The summed E-state index contributed by atoms with van der Waals surface area (Å²) in [4.78, 5) is 17.5. The number of nitrogens with one attached hydrogen (secondary N) is 1. The average Bonchev–Trinajstić information content (AvgIpc) is 3.53. The summed E-state index contributed by atoms with van der Waals surface area (Å²) in [7, 11) is 0. The molecular formula is C30H31N3O2. The number of imidazole rings is 1. The van der Waals surface area contributed by atoms with E-state index in [-0.39, 0.29) is 18.1 Å². The fourth-order valence-electron chi connectivity index (χ4n) is 4.94. The molecule has 1 saturated carbocycles. The number of hydrogen-bond acceptors (Lipinski definition) is 3. The van der Waals surface area contributed by atoms with Crippen LogP contribution < -0.4 is 5.32 Å². The Labute approximate surface area is 206 Å². The number of carbonyl (C=O) groups excluding carboxylic acids is 1. The molecule has 0 aliphatic heterocycles. The summed E-state index contributed by atoms with van der Waals surface area (Å²) in [6.45, 7) is 4.79. The summed E-state index contributed by atoms with van der Waals surface area (Å²) < 4.78 is 8.01. The van der Waals surface area contributed by atoms with E-state index < -0.39 is 0 Å². The molecule has 178 valence electrons. The molecule has 1 N–H and O–H groups in total. The highest BCUT2D eigenvalue weighted by Gasteiger charge is 2.30. The number of aromatic nitrogens is 2. The van der Waals surface area contributed by atoms with Crippen LogP contribution in [0.5, 0.6) is 0 Å². The predicted molar refractivity (Wildman–Crippen MR) is 139 cm³/mol. The molecule has 5 rings (SSSR count). The highest BCUT2D eigenvalue weighted by atomic mass is 16.5. The predicted octanol–water partition coefficient (Wildman–Crippen LogP) is 6.02. The Morgan fingerprint density at radius 3 is 2.46 bits per heavy atom. The molecular weight excluding hydrogens is 434 g/mol. The smallest absolute Gasteiger partial charge is 0.270 e. The van der Waals surface area contributed by atoms with Crippen molar-refractivity contribution >= 4 is 5.91 Å². The Morgan fingerprint density at radius 1 is 0.971 bits per heavy atom. The largest absolute Gasteiger partial charge is 0.371 e. The van der Waals surface area contributed by atoms with Crippen molar-refractivity contribution in [2.24, 2.45) is 0 Å². The molecule has 1 fully saturated rings. The topological polar surface area (TPSA) is 56.2 Å². The molecule has 0 unspecified atom stereocenters. The van der Waals surface area contributed by atoms with E-state index in [0.29, 0.717) is 12.3 Å². The zero-order valence-corrected chi connectivity index (χ0v) is 20.3. The van der Waals surface area contributed by atoms with Crippen LogP contribution in [0.3, 0.4) is 0 Å². The monoisotopic (exact) mass is 465 g/mol. The molecule has 35 heavy (non-hydrogen) atoms. The summed E-state index contributed by atoms with van der Waals surface area (Å²) >= 11 is 0. The third kappa shape index (κ3) is 5.36. The zero-order chi connectivity index (χ0) is 24.2. The number of rotatable bonds is 7. The van der Waals surface area contributed by atoms with Gasteiger partial charge in [-0.1, -0.05) is 71.8 Å². The first-order valence-electron chi connectivity index (χ1n) is 12.2. The van der Waals surface area contributed by atoms with Gasteiger partial charge in [-0.3, -0.25) is 9.36 Å². The van der Waals surface area contributed by atoms with Gasteiger partial charge < -0.3 is 10.1 Å². The molecule has 2 atom stereocenters. The summed E-state index contributed by atoms with van der Waals surface area (Å²) in [6.07, 6.45) is 6.26. The highest BCUT2D eigenvalue weighted by molar-refractivity contribution is 5.93. The van der Waals surface area contributed by atoms with Gasteiger partial charge in [-0.05, 0) is 61.9 Å². The van der Waals surface area contributed by atoms with E-state index in [1.807, 2.05) is 34.9 Å². The van der Waals surface area contributed by atoms with Gasteiger partial charge in [0.05, 0.1) is 31.3 Å². The maximum atomic E-state index is 13.2. The molecule has 1 heterocycles. The lowest BCUT2D eigenvalue weighted by molar-refractivity contribution is 0.0271. The van der Waals surface area contributed by atoms with Gasteiger partial charge in [-0.25, -0.2) is 4.98 Å². The van der Waals surface area contributed by atoms with Crippen molar-refractivity contribution in [3.8, 4) is 16.8 Å². The van der Waals surface area contributed by atoms with Crippen molar-refractivity contribution in [1.82, 2.24) is 14.9 Å². The van der Waals surface area contributed by atoms with Crippen LogP contribution in [0.4, 0.5) is 0 Å². The molecule has 1 aliphatic carbocycles. The summed E-state index contributed by atoms with van der Waals surface area (Å²) in [6, 6.07) is 25.0. The molecule has 0 bridgehead atoms. The molecule has 0 spiro atoms. The van der Waals surface area contributed by atoms with Crippen molar-refractivity contribution in [2.45, 2.75) is 51.9 Å². The number of aryl methyl sites for hydroxylation is 2. The molecule has 1 amide bonds. The number of nitrogens with zero attached hydrogens (tertiary/aromatic N) is 2. The zero-order valence-electron chi connectivity index (χ0n) is 20.3. The minimum absolute atomic E-state index is 0.00139. The third-order valence-corrected chi connectivity index (χ3v) is 6.65. The molecule has 0 saturated heterocycles. The second-order valence-electron chi connectivity index (χ2n) is 9.42. The number of amides is 1.